The lowest BCUT2D eigenvalue weighted by Gasteiger charge is -2.38. The Morgan fingerprint density at radius 1 is 1.00 bits per heavy atom. The van der Waals surface area contributed by atoms with E-state index in [2.05, 4.69) is 58.3 Å². The highest BCUT2D eigenvalue weighted by Gasteiger charge is 2.28. The zero-order valence-electron chi connectivity index (χ0n) is 16.3. The number of hydrogen-bond acceptors (Lipinski definition) is 6. The summed E-state index contributed by atoms with van der Waals surface area (Å²) >= 11 is 1.73. The van der Waals surface area contributed by atoms with Crippen LogP contribution in [0, 0.1) is 0 Å². The number of fused-ring (bicyclic) bond motifs is 1. The molecule has 0 saturated carbocycles. The highest BCUT2D eigenvalue weighted by molar-refractivity contribution is 7.22. The average molecular weight is 405 g/mol. The molecular weight excluding hydrogens is 380 g/mol. The number of likely N-dealkylation sites (tertiary alicyclic amines) is 1. The van der Waals surface area contributed by atoms with E-state index in [0.29, 0.717) is 12.7 Å². The third-order valence-corrected chi connectivity index (χ3v) is 6.45. The van der Waals surface area contributed by atoms with Crippen LogP contribution in [0.2, 0.25) is 0 Å². The average Bonchev–Trinajstić information content (AvgIpc) is 3.23. The maximum atomic E-state index is 6.15. The Balaban J connectivity index is 1.24. The molecule has 1 saturated heterocycles. The van der Waals surface area contributed by atoms with Crippen molar-refractivity contribution in [2.75, 3.05) is 24.5 Å². The monoisotopic (exact) mass is 404 g/mol. The van der Waals surface area contributed by atoms with E-state index in [-0.39, 0.29) is 0 Å². The van der Waals surface area contributed by atoms with Crippen LogP contribution in [0.15, 0.2) is 71.9 Å². The molecule has 2 aromatic carbocycles. The first-order valence-electron chi connectivity index (χ1n) is 10.1. The summed E-state index contributed by atoms with van der Waals surface area (Å²) in [6, 6.07) is 18.7. The molecule has 0 spiro atoms. The van der Waals surface area contributed by atoms with Gasteiger partial charge >= 0.3 is 0 Å². The number of aromatic nitrogens is 1. The van der Waals surface area contributed by atoms with Gasteiger partial charge in [0.25, 0.3) is 0 Å². The maximum absolute atomic E-state index is 6.15. The molecule has 1 fully saturated rings. The Kier molecular flexibility index (Phi) is 5.28. The summed E-state index contributed by atoms with van der Waals surface area (Å²) in [6.07, 6.45) is 6.34. The van der Waals surface area contributed by atoms with Crippen LogP contribution in [0.1, 0.15) is 18.4 Å². The molecule has 0 atom stereocenters. The zero-order chi connectivity index (χ0) is 19.5. The molecule has 3 aromatic rings. The Morgan fingerprint density at radius 3 is 2.62 bits per heavy atom. The lowest BCUT2D eigenvalue weighted by molar-refractivity contribution is 0.00815. The number of nitrogens with zero attached hydrogens (tertiary/aromatic N) is 4. The normalized spacial score (nSPS) is 17.7. The van der Waals surface area contributed by atoms with Crippen molar-refractivity contribution in [1.29, 1.82) is 0 Å². The summed E-state index contributed by atoms with van der Waals surface area (Å²) in [7, 11) is 0. The van der Waals surface area contributed by atoms with Gasteiger partial charge in [-0.3, -0.25) is 4.90 Å². The van der Waals surface area contributed by atoms with Crippen LogP contribution in [0.4, 0.5) is 5.13 Å². The van der Waals surface area contributed by atoms with Gasteiger partial charge in [-0.15, -0.1) is 0 Å². The molecule has 0 aliphatic carbocycles. The summed E-state index contributed by atoms with van der Waals surface area (Å²) in [5, 5.41) is 1.01. The molecule has 3 heterocycles. The third-order valence-electron chi connectivity index (χ3n) is 5.39. The van der Waals surface area contributed by atoms with E-state index in [0.717, 1.165) is 49.1 Å². The largest absolute Gasteiger partial charge is 0.373 e. The van der Waals surface area contributed by atoms with Crippen LogP contribution < -0.4 is 4.90 Å². The summed E-state index contributed by atoms with van der Waals surface area (Å²) in [5.74, 6) is 1.01. The summed E-state index contributed by atoms with van der Waals surface area (Å²) < 4.78 is 7.36. The minimum absolute atomic E-state index is 0.307. The topological polar surface area (TPSA) is 41.0 Å². The highest BCUT2D eigenvalue weighted by atomic mass is 32.1. The molecular formula is C23H24N4OS. The molecule has 29 heavy (non-hydrogen) atoms. The zero-order valence-corrected chi connectivity index (χ0v) is 17.1. The second kappa shape index (κ2) is 8.35. The van der Waals surface area contributed by atoms with Gasteiger partial charge in [-0.25, -0.2) is 9.98 Å². The molecule has 2 aliphatic rings. The summed E-state index contributed by atoms with van der Waals surface area (Å²) in [4.78, 5) is 14.2. The van der Waals surface area contributed by atoms with Crippen molar-refractivity contribution in [3.63, 3.8) is 0 Å². The second-order valence-electron chi connectivity index (χ2n) is 7.37. The standard InChI is InChI=1S/C23H24N4OS/c1-2-7-18(8-3-1)17-28-19-11-15-26(16-12-19)22-24-13-6-14-27(22)23-25-20-9-4-5-10-21(20)29-23/h1-10,13,19H,11-12,14-17H2. The number of rotatable bonds is 4. The number of para-hydroxylation sites is 1. The van der Waals surface area contributed by atoms with Gasteiger partial charge in [-0.2, -0.15) is 0 Å². The second-order valence-corrected chi connectivity index (χ2v) is 8.38. The number of guanidine groups is 1. The first kappa shape index (κ1) is 18.3. The Morgan fingerprint density at radius 2 is 1.79 bits per heavy atom. The number of piperidine rings is 1. The van der Waals surface area contributed by atoms with Gasteiger partial charge in [0.2, 0.25) is 5.96 Å². The van der Waals surface area contributed by atoms with E-state index in [1.54, 1.807) is 11.3 Å². The smallest absolute Gasteiger partial charge is 0.207 e. The first-order valence-corrected chi connectivity index (χ1v) is 10.9. The van der Waals surface area contributed by atoms with Gasteiger partial charge in [0.1, 0.15) is 0 Å². The van der Waals surface area contributed by atoms with Crippen molar-refractivity contribution in [2.45, 2.75) is 25.6 Å². The van der Waals surface area contributed by atoms with Crippen LogP contribution in [-0.4, -0.2) is 41.6 Å². The van der Waals surface area contributed by atoms with Crippen molar-refractivity contribution >= 4 is 32.6 Å². The van der Waals surface area contributed by atoms with Gasteiger partial charge in [0, 0.05) is 25.8 Å². The van der Waals surface area contributed by atoms with E-state index in [1.807, 2.05) is 18.3 Å². The van der Waals surface area contributed by atoms with Gasteiger partial charge in [0.15, 0.2) is 5.13 Å². The molecule has 0 bridgehead atoms. The van der Waals surface area contributed by atoms with Crippen molar-refractivity contribution in [1.82, 2.24) is 9.88 Å². The molecule has 5 nitrogen and oxygen atoms in total. The van der Waals surface area contributed by atoms with Crippen LogP contribution in [0.25, 0.3) is 10.2 Å². The lowest BCUT2D eigenvalue weighted by atomic mass is 10.1. The maximum Gasteiger partial charge on any atom is 0.207 e. The molecule has 0 N–H and O–H groups in total. The Bertz CT molecular complexity index is 989. The molecule has 2 aliphatic heterocycles. The van der Waals surface area contributed by atoms with Crippen LogP contribution >= 0.6 is 11.3 Å². The number of hydrogen-bond donors (Lipinski definition) is 0. The summed E-state index contributed by atoms with van der Waals surface area (Å²) in [5.41, 5.74) is 2.29. The first-order chi connectivity index (χ1) is 14.4. The molecule has 0 unspecified atom stereocenters. The lowest BCUT2D eigenvalue weighted by Crippen LogP contribution is -2.49. The van der Waals surface area contributed by atoms with Crippen molar-refractivity contribution < 1.29 is 4.74 Å². The Labute approximate surface area is 175 Å². The summed E-state index contributed by atoms with van der Waals surface area (Å²) in [6.45, 7) is 3.40. The molecule has 0 radical (unpaired) electrons. The van der Waals surface area contributed by atoms with E-state index >= 15 is 0 Å². The minimum Gasteiger partial charge on any atom is -0.373 e. The fraction of sp³-hybridized carbons (Fsp3) is 0.304. The van der Waals surface area contributed by atoms with Crippen molar-refractivity contribution in [3.05, 3.63) is 72.4 Å². The van der Waals surface area contributed by atoms with E-state index in [4.69, 9.17) is 14.7 Å². The van der Waals surface area contributed by atoms with Crippen LogP contribution in [0.5, 0.6) is 0 Å². The number of thiazole rings is 1. The predicted octanol–water partition coefficient (Wildman–Crippen LogP) is 4.67. The number of ether oxygens (including phenoxy) is 1. The number of anilines is 1. The molecule has 0 amide bonds. The van der Waals surface area contributed by atoms with E-state index < -0.39 is 0 Å². The van der Waals surface area contributed by atoms with Gasteiger partial charge in [0.05, 0.1) is 22.9 Å². The SMILES string of the molecule is C1=CN=C(N2CCC(OCc3ccccc3)CC2)N(c2nc3ccccc3s2)C1. The fourth-order valence-corrected chi connectivity index (χ4v) is 4.80. The highest BCUT2D eigenvalue weighted by Crippen LogP contribution is 2.30. The van der Waals surface area contributed by atoms with E-state index in [1.165, 1.54) is 10.3 Å². The van der Waals surface area contributed by atoms with Gasteiger partial charge < -0.3 is 9.64 Å². The molecule has 5 rings (SSSR count). The molecule has 6 heteroatoms. The fourth-order valence-electron chi connectivity index (χ4n) is 3.83. The van der Waals surface area contributed by atoms with Crippen molar-refractivity contribution in [3.8, 4) is 0 Å². The predicted molar refractivity (Wildman–Crippen MR) is 119 cm³/mol. The Hall–Kier alpha value is -2.70. The van der Waals surface area contributed by atoms with Gasteiger partial charge in [-0.05, 0) is 36.6 Å². The van der Waals surface area contributed by atoms with Gasteiger partial charge in [-0.1, -0.05) is 53.8 Å². The van der Waals surface area contributed by atoms with Crippen LogP contribution in [0.3, 0.4) is 0 Å². The van der Waals surface area contributed by atoms with E-state index in [9.17, 15) is 0 Å². The minimum atomic E-state index is 0.307. The molecule has 148 valence electrons. The number of benzene rings is 2. The van der Waals surface area contributed by atoms with Crippen molar-refractivity contribution in [2.24, 2.45) is 4.99 Å². The number of aliphatic imine (C=N–C) groups is 1. The quantitative estimate of drug-likeness (QED) is 0.634. The van der Waals surface area contributed by atoms with Crippen LogP contribution in [-0.2, 0) is 11.3 Å². The molecule has 1 aromatic heterocycles. The third kappa shape index (κ3) is 4.04.